The number of likely N-dealkylation sites (N-methyl/N-ethyl adjacent to an activating group) is 1. The Morgan fingerprint density at radius 3 is 2.52 bits per heavy atom. The number of hydrogen-bond donors (Lipinski definition) is 0. The number of ether oxygens (including phenoxy) is 1. The van der Waals surface area contributed by atoms with E-state index in [2.05, 4.69) is 5.16 Å². The van der Waals surface area contributed by atoms with Crippen LogP contribution in [0.3, 0.4) is 0 Å². The summed E-state index contributed by atoms with van der Waals surface area (Å²) >= 11 is 6.07. The minimum atomic E-state index is -0.551. The van der Waals surface area contributed by atoms with Crippen molar-refractivity contribution in [2.24, 2.45) is 0 Å². The molecule has 0 aliphatic carbocycles. The second-order valence-corrected chi connectivity index (χ2v) is 8.51. The van der Waals surface area contributed by atoms with Crippen LogP contribution in [0.25, 0.3) is 11.3 Å². The summed E-state index contributed by atoms with van der Waals surface area (Å²) in [7, 11) is 1.88. The molecule has 162 valence electrons. The van der Waals surface area contributed by atoms with Crippen LogP contribution < -0.4 is 0 Å². The third-order valence-corrected chi connectivity index (χ3v) is 6.30. The highest BCUT2D eigenvalue weighted by atomic mass is 35.5. The first-order chi connectivity index (χ1) is 15.1. The highest BCUT2D eigenvalue weighted by Crippen LogP contribution is 2.37. The van der Waals surface area contributed by atoms with Gasteiger partial charge in [0.25, 0.3) is 0 Å². The molecule has 3 aromatic rings. The number of benzene rings is 2. The molecule has 0 unspecified atom stereocenters. The maximum absolute atomic E-state index is 13.5. The number of rotatable bonds is 7. The molecule has 1 aliphatic rings. The maximum Gasteiger partial charge on any atom is 0.233 e. The number of nitrogens with zero attached hydrogens (tertiary/aromatic N) is 2. The van der Waals surface area contributed by atoms with Gasteiger partial charge >= 0.3 is 0 Å². The smallest absolute Gasteiger partial charge is 0.233 e. The topological polar surface area (TPSA) is 55.6 Å². The Morgan fingerprint density at radius 1 is 1.10 bits per heavy atom. The predicted molar refractivity (Wildman–Crippen MR) is 121 cm³/mol. The Bertz CT molecular complexity index is 995. The van der Waals surface area contributed by atoms with Gasteiger partial charge in [-0.3, -0.25) is 4.79 Å². The van der Waals surface area contributed by atoms with E-state index in [4.69, 9.17) is 20.9 Å². The van der Waals surface area contributed by atoms with Crippen molar-refractivity contribution < 1.29 is 14.1 Å². The van der Waals surface area contributed by atoms with Crippen LogP contribution in [0.5, 0.6) is 0 Å². The fourth-order valence-corrected chi connectivity index (χ4v) is 4.37. The molecule has 1 aliphatic heterocycles. The van der Waals surface area contributed by atoms with E-state index in [-0.39, 0.29) is 5.91 Å². The van der Waals surface area contributed by atoms with Gasteiger partial charge in [0.2, 0.25) is 5.91 Å². The molecule has 1 aromatic heterocycles. The minimum Gasteiger partial charge on any atom is -0.381 e. The second kappa shape index (κ2) is 9.67. The van der Waals surface area contributed by atoms with Crippen LogP contribution in [-0.2, 0) is 21.4 Å². The van der Waals surface area contributed by atoms with Gasteiger partial charge in [0.15, 0.2) is 0 Å². The normalized spacial score (nSPS) is 15.5. The number of hydrogen-bond acceptors (Lipinski definition) is 4. The zero-order valence-electron chi connectivity index (χ0n) is 17.7. The molecule has 0 atom stereocenters. The lowest BCUT2D eigenvalue weighted by Crippen LogP contribution is -2.49. The molecule has 1 fully saturated rings. The van der Waals surface area contributed by atoms with Crippen LogP contribution in [-0.4, -0.2) is 42.8 Å². The molecule has 4 rings (SSSR count). The lowest BCUT2D eigenvalue weighted by molar-refractivity contribution is -0.140. The molecule has 0 bridgehead atoms. The van der Waals surface area contributed by atoms with Gasteiger partial charge in [0.05, 0.1) is 5.41 Å². The first-order valence-electron chi connectivity index (χ1n) is 10.7. The van der Waals surface area contributed by atoms with Crippen molar-refractivity contribution >= 4 is 17.5 Å². The van der Waals surface area contributed by atoms with Gasteiger partial charge in [-0.1, -0.05) is 59.2 Å². The molecule has 0 N–H and O–H groups in total. The average molecular weight is 439 g/mol. The summed E-state index contributed by atoms with van der Waals surface area (Å²) in [4.78, 5) is 15.4. The van der Waals surface area contributed by atoms with Gasteiger partial charge in [0, 0.05) is 49.9 Å². The molecule has 2 aromatic carbocycles. The van der Waals surface area contributed by atoms with Crippen molar-refractivity contribution in [2.45, 2.75) is 31.1 Å². The summed E-state index contributed by atoms with van der Waals surface area (Å²) < 4.78 is 11.1. The molecular weight excluding hydrogens is 412 g/mol. The minimum absolute atomic E-state index is 0.140. The Labute approximate surface area is 187 Å². The average Bonchev–Trinajstić information content (AvgIpc) is 3.29. The van der Waals surface area contributed by atoms with Gasteiger partial charge in [-0.2, -0.15) is 0 Å². The summed E-state index contributed by atoms with van der Waals surface area (Å²) in [6.45, 7) is 1.82. The van der Waals surface area contributed by atoms with E-state index in [0.29, 0.717) is 37.6 Å². The zero-order chi connectivity index (χ0) is 21.7. The zero-order valence-corrected chi connectivity index (χ0v) is 18.5. The molecular formula is C25H27ClN2O3. The van der Waals surface area contributed by atoms with E-state index in [1.165, 1.54) is 0 Å². The van der Waals surface area contributed by atoms with E-state index in [1.54, 1.807) is 0 Å². The van der Waals surface area contributed by atoms with E-state index >= 15 is 0 Å². The third-order valence-electron chi connectivity index (χ3n) is 6.04. The summed E-state index contributed by atoms with van der Waals surface area (Å²) in [6, 6.07) is 19.6. The molecule has 0 radical (unpaired) electrons. The first-order valence-corrected chi connectivity index (χ1v) is 11.1. The molecule has 5 nitrogen and oxygen atoms in total. The van der Waals surface area contributed by atoms with Crippen LogP contribution in [0, 0.1) is 0 Å². The van der Waals surface area contributed by atoms with E-state index in [0.717, 1.165) is 35.4 Å². The highest BCUT2D eigenvalue weighted by Gasteiger charge is 2.43. The van der Waals surface area contributed by atoms with Crippen LogP contribution in [0.2, 0.25) is 5.02 Å². The monoisotopic (exact) mass is 438 g/mol. The number of amides is 1. The summed E-state index contributed by atoms with van der Waals surface area (Å²) in [5.41, 5.74) is 2.34. The largest absolute Gasteiger partial charge is 0.381 e. The second-order valence-electron chi connectivity index (χ2n) is 8.08. The van der Waals surface area contributed by atoms with Crippen LogP contribution in [0.4, 0.5) is 0 Å². The molecule has 31 heavy (non-hydrogen) atoms. The lowest BCUT2D eigenvalue weighted by atomic mass is 9.73. The Hall–Kier alpha value is -2.63. The molecule has 1 amide bonds. The number of aromatic nitrogens is 1. The van der Waals surface area contributed by atoms with Crippen molar-refractivity contribution in [3.8, 4) is 11.3 Å². The Kier molecular flexibility index (Phi) is 6.73. The SMILES string of the molecule is CN(CCCc1cc(-c2ccccc2)no1)C(=O)C1(c2ccc(Cl)cc2)CCOCC1. The van der Waals surface area contributed by atoms with Crippen LogP contribution in [0.1, 0.15) is 30.6 Å². The maximum atomic E-state index is 13.5. The van der Waals surface area contributed by atoms with Gasteiger partial charge in [0.1, 0.15) is 11.5 Å². The summed E-state index contributed by atoms with van der Waals surface area (Å²) in [6.07, 6.45) is 2.90. The van der Waals surface area contributed by atoms with Crippen molar-refractivity contribution in [3.05, 3.63) is 77.0 Å². The third kappa shape index (κ3) is 4.83. The van der Waals surface area contributed by atoms with Crippen molar-refractivity contribution in [1.29, 1.82) is 0 Å². The highest BCUT2D eigenvalue weighted by molar-refractivity contribution is 6.30. The number of aryl methyl sites for hydroxylation is 1. The fourth-order valence-electron chi connectivity index (χ4n) is 4.25. The Balaban J connectivity index is 1.39. The number of halogens is 1. The molecule has 2 heterocycles. The van der Waals surface area contributed by atoms with Gasteiger partial charge in [-0.05, 0) is 37.0 Å². The summed E-state index contributed by atoms with van der Waals surface area (Å²) in [5.74, 6) is 0.971. The Morgan fingerprint density at radius 2 is 1.81 bits per heavy atom. The van der Waals surface area contributed by atoms with Crippen LogP contribution in [0.15, 0.2) is 65.2 Å². The molecule has 0 spiro atoms. The first kappa shape index (κ1) is 21.6. The van der Waals surface area contributed by atoms with Crippen molar-refractivity contribution in [2.75, 3.05) is 26.8 Å². The van der Waals surface area contributed by atoms with Gasteiger partial charge < -0.3 is 14.2 Å². The number of carbonyl (C=O) groups excluding carboxylic acids is 1. The quantitative estimate of drug-likeness (QED) is 0.512. The van der Waals surface area contributed by atoms with E-state index in [9.17, 15) is 4.79 Å². The molecule has 0 saturated carbocycles. The lowest BCUT2D eigenvalue weighted by Gasteiger charge is -2.39. The molecule has 6 heteroatoms. The van der Waals surface area contributed by atoms with Crippen molar-refractivity contribution in [1.82, 2.24) is 10.1 Å². The fraction of sp³-hybridized carbons (Fsp3) is 0.360. The van der Waals surface area contributed by atoms with Crippen molar-refractivity contribution in [3.63, 3.8) is 0 Å². The van der Waals surface area contributed by atoms with Gasteiger partial charge in [-0.25, -0.2) is 0 Å². The predicted octanol–water partition coefficient (Wildman–Crippen LogP) is 5.13. The molecule has 1 saturated heterocycles. The number of carbonyl (C=O) groups is 1. The van der Waals surface area contributed by atoms with Crippen LogP contribution >= 0.6 is 11.6 Å². The van der Waals surface area contributed by atoms with Gasteiger partial charge in [-0.15, -0.1) is 0 Å². The van der Waals surface area contributed by atoms with E-state index in [1.807, 2.05) is 72.6 Å². The van der Waals surface area contributed by atoms with E-state index < -0.39 is 5.41 Å². The standard InChI is InChI=1S/C25H27ClN2O3/c1-28(15-5-8-22-18-23(27-31-22)19-6-3-2-4-7-19)24(29)25(13-16-30-17-14-25)20-9-11-21(26)12-10-20/h2-4,6-7,9-12,18H,5,8,13-17H2,1H3. The summed E-state index contributed by atoms with van der Waals surface area (Å²) in [5, 5.41) is 4.85.